The number of hydrogen-bond donors (Lipinski definition) is 1. The number of carbonyl (C=O) groups is 1. The molecule has 1 aliphatic heterocycles. The van der Waals surface area contributed by atoms with E-state index in [1.165, 1.54) is 18.4 Å². The molecule has 0 spiro atoms. The fourth-order valence-electron chi connectivity index (χ4n) is 1.42. The topological polar surface area (TPSA) is 87.2 Å². The Kier molecular flexibility index (Phi) is 3.58. The minimum atomic E-state index is -3.41. The van der Waals surface area contributed by atoms with E-state index in [0.717, 1.165) is 4.31 Å². The lowest BCUT2D eigenvalue weighted by atomic mass is 10.0. The summed E-state index contributed by atoms with van der Waals surface area (Å²) in [6, 6.07) is 0. The van der Waals surface area contributed by atoms with E-state index in [-0.39, 0.29) is 13.1 Å². The summed E-state index contributed by atoms with van der Waals surface area (Å²) in [7, 11) is -0.515. The number of rotatable bonds is 5. The summed E-state index contributed by atoms with van der Waals surface area (Å²) < 4.78 is 30.7. The highest BCUT2D eigenvalue weighted by Gasteiger charge is 2.46. The molecule has 0 atom stereocenters. The number of ether oxygens (including phenoxy) is 1. The van der Waals surface area contributed by atoms with Crippen LogP contribution in [-0.4, -0.2) is 67.5 Å². The highest BCUT2D eigenvalue weighted by atomic mass is 32.2. The van der Waals surface area contributed by atoms with Crippen molar-refractivity contribution in [1.29, 1.82) is 0 Å². The number of aliphatic carboxylic acids is 1. The SMILES string of the molecule is CN(C)S(=O)(=O)N1CC(C)(OCC(=O)O)C1. The van der Waals surface area contributed by atoms with Gasteiger partial charge in [0.2, 0.25) is 0 Å². The van der Waals surface area contributed by atoms with Gasteiger partial charge in [-0.05, 0) is 6.92 Å². The summed E-state index contributed by atoms with van der Waals surface area (Å²) in [5, 5.41) is 8.45. The van der Waals surface area contributed by atoms with E-state index in [2.05, 4.69) is 0 Å². The Labute approximate surface area is 94.8 Å². The quantitative estimate of drug-likeness (QED) is 0.676. The van der Waals surface area contributed by atoms with Gasteiger partial charge in [0.15, 0.2) is 0 Å². The van der Waals surface area contributed by atoms with Gasteiger partial charge < -0.3 is 9.84 Å². The van der Waals surface area contributed by atoms with Crippen molar-refractivity contribution in [2.24, 2.45) is 0 Å². The zero-order chi connectivity index (χ0) is 12.6. The molecule has 0 amide bonds. The third-order valence-electron chi connectivity index (χ3n) is 2.35. The fraction of sp³-hybridized carbons (Fsp3) is 0.875. The molecule has 1 saturated heterocycles. The lowest BCUT2D eigenvalue weighted by Gasteiger charge is -2.46. The zero-order valence-corrected chi connectivity index (χ0v) is 10.3. The first-order valence-electron chi connectivity index (χ1n) is 4.71. The molecular formula is C8H16N2O5S. The Hall–Kier alpha value is -0.700. The van der Waals surface area contributed by atoms with Crippen molar-refractivity contribution in [3.05, 3.63) is 0 Å². The second kappa shape index (κ2) is 4.28. The van der Waals surface area contributed by atoms with Gasteiger partial charge in [0.25, 0.3) is 10.2 Å². The van der Waals surface area contributed by atoms with Crippen LogP contribution in [0.15, 0.2) is 0 Å². The predicted octanol–water partition coefficient (Wildman–Crippen LogP) is -1.03. The van der Waals surface area contributed by atoms with Gasteiger partial charge in [-0.3, -0.25) is 0 Å². The van der Waals surface area contributed by atoms with E-state index >= 15 is 0 Å². The zero-order valence-electron chi connectivity index (χ0n) is 9.50. The molecule has 0 unspecified atom stereocenters. The van der Waals surface area contributed by atoms with E-state index in [4.69, 9.17) is 9.84 Å². The second-order valence-electron chi connectivity index (χ2n) is 4.19. The monoisotopic (exact) mass is 252 g/mol. The Morgan fingerprint density at radius 1 is 1.50 bits per heavy atom. The standard InChI is InChI=1S/C8H16N2O5S/c1-8(15-4-7(11)12)5-10(6-8)16(13,14)9(2)3/h4-6H2,1-3H3,(H,11,12). The van der Waals surface area contributed by atoms with Crippen LogP contribution in [0.3, 0.4) is 0 Å². The third-order valence-corrected chi connectivity index (χ3v) is 4.19. The molecule has 1 N–H and O–H groups in total. The molecule has 0 radical (unpaired) electrons. The molecule has 1 fully saturated rings. The summed E-state index contributed by atoms with van der Waals surface area (Å²) >= 11 is 0. The Morgan fingerprint density at radius 3 is 2.38 bits per heavy atom. The van der Waals surface area contributed by atoms with Crippen LogP contribution in [0.4, 0.5) is 0 Å². The predicted molar refractivity (Wildman–Crippen MR) is 56.2 cm³/mol. The summed E-state index contributed by atoms with van der Waals surface area (Å²) in [5.74, 6) is -1.06. The molecular weight excluding hydrogens is 236 g/mol. The lowest BCUT2D eigenvalue weighted by molar-refractivity contribution is -0.157. The number of nitrogens with zero attached hydrogens (tertiary/aromatic N) is 2. The van der Waals surface area contributed by atoms with Crippen LogP contribution < -0.4 is 0 Å². The van der Waals surface area contributed by atoms with Gasteiger partial charge in [-0.1, -0.05) is 0 Å². The first-order chi connectivity index (χ1) is 7.17. The van der Waals surface area contributed by atoms with Gasteiger partial charge in [-0.15, -0.1) is 0 Å². The summed E-state index contributed by atoms with van der Waals surface area (Å²) in [6.07, 6.45) is 0. The summed E-state index contributed by atoms with van der Waals surface area (Å²) in [6.45, 7) is 1.64. The average Bonchev–Trinajstić information content (AvgIpc) is 2.09. The molecule has 94 valence electrons. The van der Waals surface area contributed by atoms with Crippen molar-refractivity contribution in [1.82, 2.24) is 8.61 Å². The molecule has 1 rings (SSSR count). The summed E-state index contributed by atoms with van der Waals surface area (Å²) in [4.78, 5) is 10.3. The molecule has 7 nitrogen and oxygen atoms in total. The van der Waals surface area contributed by atoms with Crippen LogP contribution in [0.25, 0.3) is 0 Å². The van der Waals surface area contributed by atoms with E-state index in [1.807, 2.05) is 0 Å². The van der Waals surface area contributed by atoms with E-state index in [1.54, 1.807) is 6.92 Å². The van der Waals surface area contributed by atoms with Crippen molar-refractivity contribution in [2.75, 3.05) is 33.8 Å². The van der Waals surface area contributed by atoms with Crippen LogP contribution in [-0.2, 0) is 19.7 Å². The molecule has 0 aromatic heterocycles. The highest BCUT2D eigenvalue weighted by molar-refractivity contribution is 7.86. The van der Waals surface area contributed by atoms with Gasteiger partial charge >= 0.3 is 5.97 Å². The molecule has 8 heteroatoms. The van der Waals surface area contributed by atoms with Crippen molar-refractivity contribution in [3.63, 3.8) is 0 Å². The first kappa shape index (κ1) is 13.4. The van der Waals surface area contributed by atoms with Crippen LogP contribution >= 0.6 is 0 Å². The molecule has 1 aliphatic rings. The maximum Gasteiger partial charge on any atom is 0.329 e. The highest BCUT2D eigenvalue weighted by Crippen LogP contribution is 2.27. The van der Waals surface area contributed by atoms with Crippen LogP contribution in [0, 0.1) is 0 Å². The van der Waals surface area contributed by atoms with E-state index < -0.39 is 28.4 Å². The fourth-order valence-corrected chi connectivity index (χ4v) is 2.76. The van der Waals surface area contributed by atoms with Crippen molar-refractivity contribution in [3.8, 4) is 0 Å². The molecule has 1 heterocycles. The third kappa shape index (κ3) is 2.70. The van der Waals surface area contributed by atoms with Crippen molar-refractivity contribution < 1.29 is 23.1 Å². The van der Waals surface area contributed by atoms with E-state index in [9.17, 15) is 13.2 Å². The number of carboxylic acid groups (broad SMARTS) is 1. The molecule has 0 saturated carbocycles. The van der Waals surface area contributed by atoms with Crippen LogP contribution in [0.5, 0.6) is 0 Å². The van der Waals surface area contributed by atoms with Crippen molar-refractivity contribution >= 4 is 16.2 Å². The Bertz CT molecular complexity index is 372. The molecule has 0 bridgehead atoms. The average molecular weight is 252 g/mol. The van der Waals surface area contributed by atoms with Crippen molar-refractivity contribution in [2.45, 2.75) is 12.5 Å². The van der Waals surface area contributed by atoms with Crippen LogP contribution in [0.2, 0.25) is 0 Å². The first-order valence-corrected chi connectivity index (χ1v) is 6.10. The van der Waals surface area contributed by atoms with Gasteiger partial charge in [0.05, 0.1) is 5.60 Å². The normalized spacial score (nSPS) is 20.8. The smallest absolute Gasteiger partial charge is 0.329 e. The lowest BCUT2D eigenvalue weighted by Crippen LogP contribution is -2.65. The minimum Gasteiger partial charge on any atom is -0.480 e. The van der Waals surface area contributed by atoms with Gasteiger partial charge in [-0.2, -0.15) is 17.0 Å². The largest absolute Gasteiger partial charge is 0.480 e. The maximum atomic E-state index is 11.6. The molecule has 0 aromatic carbocycles. The van der Waals surface area contributed by atoms with Crippen LogP contribution in [0.1, 0.15) is 6.92 Å². The Balaban J connectivity index is 2.51. The molecule has 0 aromatic rings. The Morgan fingerprint density at radius 2 is 2.00 bits per heavy atom. The number of carboxylic acids is 1. The van der Waals surface area contributed by atoms with Gasteiger partial charge in [0, 0.05) is 27.2 Å². The molecule has 16 heavy (non-hydrogen) atoms. The second-order valence-corrected chi connectivity index (χ2v) is 6.33. The minimum absolute atomic E-state index is 0.181. The van der Waals surface area contributed by atoms with Gasteiger partial charge in [0.1, 0.15) is 6.61 Å². The summed E-state index contributed by atoms with van der Waals surface area (Å²) in [5.41, 5.74) is -0.693. The maximum absolute atomic E-state index is 11.6. The number of hydrogen-bond acceptors (Lipinski definition) is 4. The molecule has 0 aliphatic carbocycles. The van der Waals surface area contributed by atoms with E-state index in [0.29, 0.717) is 0 Å². The van der Waals surface area contributed by atoms with Gasteiger partial charge in [-0.25, -0.2) is 4.79 Å².